The minimum Gasteiger partial charge on any atom is -0.497 e. The molecule has 7 heteroatoms. The highest BCUT2D eigenvalue weighted by Crippen LogP contribution is 2.25. The predicted molar refractivity (Wildman–Crippen MR) is 108 cm³/mol. The van der Waals surface area contributed by atoms with Crippen LogP contribution in [0, 0.1) is 0 Å². The molecule has 6 nitrogen and oxygen atoms in total. The average Bonchev–Trinajstić information content (AvgIpc) is 3.15. The molecule has 1 N–H and O–H groups in total. The highest BCUT2D eigenvalue weighted by molar-refractivity contribution is 7.98. The van der Waals surface area contributed by atoms with E-state index in [-0.39, 0.29) is 0 Å². The van der Waals surface area contributed by atoms with E-state index in [4.69, 9.17) is 9.47 Å². The molecule has 0 atom stereocenters. The lowest BCUT2D eigenvalue weighted by molar-refractivity contribution is 0.0734. The van der Waals surface area contributed by atoms with Crippen molar-refractivity contribution >= 4 is 28.8 Å². The highest BCUT2D eigenvalue weighted by atomic mass is 32.2. The summed E-state index contributed by atoms with van der Waals surface area (Å²) in [4.78, 5) is 24.2. The monoisotopic (exact) mass is 391 g/mol. The number of aromatic nitrogens is 3. The van der Waals surface area contributed by atoms with Crippen LogP contribution in [-0.4, -0.2) is 28.0 Å². The Hall–Kier alpha value is -3.32. The van der Waals surface area contributed by atoms with Gasteiger partial charge in [-0.3, -0.25) is 4.98 Å². The molecule has 4 rings (SSSR count). The predicted octanol–water partition coefficient (Wildman–Crippen LogP) is 4.48. The van der Waals surface area contributed by atoms with Gasteiger partial charge < -0.3 is 14.5 Å². The highest BCUT2D eigenvalue weighted by Gasteiger charge is 2.10. The van der Waals surface area contributed by atoms with E-state index in [0.29, 0.717) is 22.8 Å². The molecule has 0 bridgehead atoms. The van der Waals surface area contributed by atoms with Gasteiger partial charge in [0.05, 0.1) is 29.9 Å². The molecular formula is C21H17N3O3S. The number of carbonyl (C=O) groups excluding carboxylic acids is 1. The summed E-state index contributed by atoms with van der Waals surface area (Å²) in [6, 6.07) is 16.2. The number of aromatic amines is 1. The van der Waals surface area contributed by atoms with Crippen molar-refractivity contribution < 1.29 is 14.3 Å². The maximum absolute atomic E-state index is 12.4. The number of hydrogen-bond acceptors (Lipinski definition) is 6. The van der Waals surface area contributed by atoms with E-state index < -0.39 is 5.97 Å². The maximum atomic E-state index is 12.4. The van der Waals surface area contributed by atoms with Crippen molar-refractivity contribution in [3.05, 3.63) is 78.1 Å². The standard InChI is InChI=1S/C21H17N3O3S/c1-26-16-6-3-5-15(11-16)20(25)27-17-7-2-4-14(10-17)13-28-21-23-18-8-9-22-12-19(18)24-21/h2-12H,13H2,1H3,(H,23,24). The number of carbonyl (C=O) groups is 1. The molecule has 0 unspecified atom stereocenters. The third kappa shape index (κ3) is 4.15. The lowest BCUT2D eigenvalue weighted by Gasteiger charge is -2.07. The van der Waals surface area contributed by atoms with Crippen molar-refractivity contribution in [2.75, 3.05) is 7.11 Å². The van der Waals surface area contributed by atoms with E-state index in [1.807, 2.05) is 24.3 Å². The van der Waals surface area contributed by atoms with Crippen LogP contribution in [0.25, 0.3) is 11.0 Å². The van der Waals surface area contributed by atoms with E-state index in [2.05, 4.69) is 15.0 Å². The van der Waals surface area contributed by atoms with Crippen LogP contribution < -0.4 is 9.47 Å². The SMILES string of the molecule is COc1cccc(C(=O)Oc2cccc(CSc3nc4ccncc4[nH]3)c2)c1. The Bertz CT molecular complexity index is 1090. The van der Waals surface area contributed by atoms with Crippen molar-refractivity contribution in [2.45, 2.75) is 10.9 Å². The molecule has 0 radical (unpaired) electrons. The summed E-state index contributed by atoms with van der Waals surface area (Å²) in [5.74, 6) is 1.38. The molecule has 4 aromatic rings. The largest absolute Gasteiger partial charge is 0.497 e. The molecule has 0 aliphatic carbocycles. The summed E-state index contributed by atoms with van der Waals surface area (Å²) < 4.78 is 10.7. The molecule has 0 amide bonds. The minimum absolute atomic E-state index is 0.423. The van der Waals surface area contributed by atoms with Gasteiger partial charge in [0, 0.05) is 11.9 Å². The van der Waals surface area contributed by atoms with Crippen molar-refractivity contribution in [1.29, 1.82) is 0 Å². The molecule has 0 aliphatic rings. The van der Waals surface area contributed by atoms with E-state index in [9.17, 15) is 4.79 Å². The first-order valence-corrected chi connectivity index (χ1v) is 9.57. The van der Waals surface area contributed by atoms with E-state index >= 15 is 0 Å². The molecular weight excluding hydrogens is 374 g/mol. The van der Waals surface area contributed by atoms with Crippen molar-refractivity contribution in [2.24, 2.45) is 0 Å². The van der Waals surface area contributed by atoms with Crippen LogP contribution in [-0.2, 0) is 5.75 Å². The van der Waals surface area contributed by atoms with Gasteiger partial charge in [0.25, 0.3) is 0 Å². The number of methoxy groups -OCH3 is 1. The third-order valence-electron chi connectivity index (χ3n) is 4.05. The fourth-order valence-electron chi connectivity index (χ4n) is 2.67. The fraction of sp³-hybridized carbons (Fsp3) is 0.0952. The number of hydrogen-bond donors (Lipinski definition) is 1. The second-order valence-electron chi connectivity index (χ2n) is 5.99. The zero-order valence-corrected chi connectivity index (χ0v) is 15.9. The number of fused-ring (bicyclic) bond motifs is 1. The number of benzene rings is 2. The summed E-state index contributed by atoms with van der Waals surface area (Å²) in [7, 11) is 1.56. The third-order valence-corrected chi connectivity index (χ3v) is 5.00. The summed E-state index contributed by atoms with van der Waals surface area (Å²) in [5.41, 5.74) is 3.26. The first-order chi connectivity index (χ1) is 13.7. The number of nitrogens with zero attached hydrogens (tertiary/aromatic N) is 2. The Morgan fingerprint density at radius 3 is 2.82 bits per heavy atom. The van der Waals surface area contributed by atoms with Crippen molar-refractivity contribution in [3.8, 4) is 11.5 Å². The topological polar surface area (TPSA) is 77.1 Å². The molecule has 2 aromatic heterocycles. The van der Waals surface area contributed by atoms with E-state index in [1.54, 1.807) is 61.6 Å². The summed E-state index contributed by atoms with van der Waals surface area (Å²) in [6.07, 6.45) is 3.48. The smallest absolute Gasteiger partial charge is 0.343 e. The van der Waals surface area contributed by atoms with Crippen LogP contribution in [0.4, 0.5) is 0 Å². The van der Waals surface area contributed by atoms with E-state index in [0.717, 1.165) is 21.8 Å². The first-order valence-electron chi connectivity index (χ1n) is 8.59. The lowest BCUT2D eigenvalue weighted by atomic mass is 10.2. The van der Waals surface area contributed by atoms with Gasteiger partial charge in [0.15, 0.2) is 5.16 Å². The Morgan fingerprint density at radius 2 is 1.96 bits per heavy atom. The number of rotatable bonds is 6. The van der Waals surface area contributed by atoms with Gasteiger partial charge in [-0.05, 0) is 42.0 Å². The van der Waals surface area contributed by atoms with Gasteiger partial charge in [0.2, 0.25) is 0 Å². The number of pyridine rings is 1. The molecule has 0 fully saturated rings. The Kier molecular flexibility index (Phi) is 5.25. The number of thioether (sulfide) groups is 1. The number of imidazole rings is 1. The normalized spacial score (nSPS) is 10.8. The molecule has 2 aromatic carbocycles. The lowest BCUT2D eigenvalue weighted by Crippen LogP contribution is -2.08. The summed E-state index contributed by atoms with van der Waals surface area (Å²) >= 11 is 1.58. The first kappa shape index (κ1) is 18.1. The second-order valence-corrected chi connectivity index (χ2v) is 6.96. The van der Waals surface area contributed by atoms with Gasteiger partial charge in [0.1, 0.15) is 11.5 Å². The van der Waals surface area contributed by atoms with Crippen LogP contribution in [0.3, 0.4) is 0 Å². The number of nitrogens with one attached hydrogen (secondary N) is 1. The zero-order chi connectivity index (χ0) is 19.3. The zero-order valence-electron chi connectivity index (χ0n) is 15.1. The van der Waals surface area contributed by atoms with Gasteiger partial charge in [-0.1, -0.05) is 30.0 Å². The second kappa shape index (κ2) is 8.14. The Balaban J connectivity index is 1.42. The summed E-state index contributed by atoms with van der Waals surface area (Å²) in [5, 5.41) is 0.821. The van der Waals surface area contributed by atoms with Gasteiger partial charge in [-0.2, -0.15) is 0 Å². The molecule has 28 heavy (non-hydrogen) atoms. The van der Waals surface area contributed by atoms with E-state index in [1.165, 1.54) is 0 Å². The summed E-state index contributed by atoms with van der Waals surface area (Å²) in [6.45, 7) is 0. The van der Waals surface area contributed by atoms with Crippen molar-refractivity contribution in [3.63, 3.8) is 0 Å². The molecule has 0 spiro atoms. The van der Waals surface area contributed by atoms with Crippen LogP contribution in [0.15, 0.2) is 72.1 Å². The Morgan fingerprint density at radius 1 is 1.11 bits per heavy atom. The molecule has 2 heterocycles. The number of H-pyrrole nitrogens is 1. The number of esters is 1. The van der Waals surface area contributed by atoms with Gasteiger partial charge in [-0.25, -0.2) is 9.78 Å². The molecule has 140 valence electrons. The van der Waals surface area contributed by atoms with Crippen LogP contribution in [0.5, 0.6) is 11.5 Å². The number of ether oxygens (including phenoxy) is 2. The molecule has 0 saturated carbocycles. The molecule has 0 saturated heterocycles. The van der Waals surface area contributed by atoms with Crippen LogP contribution in [0.2, 0.25) is 0 Å². The van der Waals surface area contributed by atoms with Crippen LogP contribution in [0.1, 0.15) is 15.9 Å². The minimum atomic E-state index is -0.423. The van der Waals surface area contributed by atoms with Crippen LogP contribution >= 0.6 is 11.8 Å². The molecule has 0 aliphatic heterocycles. The quantitative estimate of drug-likeness (QED) is 0.297. The fourth-order valence-corrected chi connectivity index (χ4v) is 3.50. The average molecular weight is 391 g/mol. The Labute approximate surface area is 165 Å². The van der Waals surface area contributed by atoms with Crippen molar-refractivity contribution in [1.82, 2.24) is 15.0 Å². The van der Waals surface area contributed by atoms with Gasteiger partial charge in [-0.15, -0.1) is 0 Å². The van der Waals surface area contributed by atoms with Gasteiger partial charge >= 0.3 is 5.97 Å². The maximum Gasteiger partial charge on any atom is 0.343 e.